The van der Waals surface area contributed by atoms with E-state index >= 15 is 0 Å². The highest BCUT2D eigenvalue weighted by molar-refractivity contribution is 6.30. The Morgan fingerprint density at radius 1 is 1.24 bits per heavy atom. The maximum absolute atomic E-state index is 14.7. The van der Waals surface area contributed by atoms with Gasteiger partial charge in [-0.1, -0.05) is 55.3 Å². The Morgan fingerprint density at radius 3 is 2.84 bits per heavy atom. The van der Waals surface area contributed by atoms with Crippen LogP contribution in [0.5, 0.6) is 0 Å². The highest BCUT2D eigenvalue weighted by Gasteiger charge is 2.25. The fourth-order valence-corrected chi connectivity index (χ4v) is 5.54. The third-order valence-electron chi connectivity index (χ3n) is 7.97. The van der Waals surface area contributed by atoms with Crippen molar-refractivity contribution in [3.8, 4) is 23.0 Å². The molecule has 2 aromatic heterocycles. The molecule has 12 heteroatoms. The number of aromatic nitrogens is 4. The number of carbonyl (C=O) groups is 2. The number of hydrogen-bond acceptors (Lipinski definition) is 7. The SMILES string of the molecule is CCC(Cc1ccc2c(c1)NC(=O)[C@H](C)CCC[C@H](NC(=O)c1nnn(-c3cccc(Cl)c3F)c1C)c1cc-2ccn1)=NC#N. The van der Waals surface area contributed by atoms with Gasteiger partial charge in [0.15, 0.2) is 11.5 Å². The predicted molar refractivity (Wildman–Crippen MR) is 170 cm³/mol. The molecule has 0 radical (unpaired) electrons. The van der Waals surface area contributed by atoms with E-state index in [0.717, 1.165) is 22.4 Å². The number of rotatable bonds is 6. The van der Waals surface area contributed by atoms with Crippen LogP contribution in [-0.4, -0.2) is 37.5 Å². The lowest BCUT2D eigenvalue weighted by atomic mass is 9.94. The topological polar surface area (TPSA) is 138 Å². The van der Waals surface area contributed by atoms with Crippen molar-refractivity contribution in [1.82, 2.24) is 25.3 Å². The van der Waals surface area contributed by atoms with Crippen LogP contribution in [0.2, 0.25) is 5.02 Å². The van der Waals surface area contributed by atoms with Crippen molar-refractivity contribution in [3.05, 3.63) is 88.2 Å². The molecule has 230 valence electrons. The zero-order chi connectivity index (χ0) is 32.1. The molecule has 0 saturated carbocycles. The summed E-state index contributed by atoms with van der Waals surface area (Å²) in [6, 6.07) is 13.6. The van der Waals surface area contributed by atoms with Crippen LogP contribution in [0.25, 0.3) is 16.8 Å². The number of aliphatic imine (C=N–C) groups is 1. The Morgan fingerprint density at radius 2 is 2.07 bits per heavy atom. The number of nitrogens with zero attached hydrogens (tertiary/aromatic N) is 6. The Kier molecular flexibility index (Phi) is 9.64. The molecule has 4 aromatic rings. The summed E-state index contributed by atoms with van der Waals surface area (Å²) in [7, 11) is 0. The van der Waals surface area contributed by atoms with E-state index in [1.165, 1.54) is 16.8 Å². The average molecular weight is 627 g/mol. The molecule has 0 spiro atoms. The van der Waals surface area contributed by atoms with Crippen LogP contribution in [0.4, 0.5) is 10.1 Å². The minimum atomic E-state index is -0.661. The van der Waals surface area contributed by atoms with Gasteiger partial charge >= 0.3 is 0 Å². The molecule has 45 heavy (non-hydrogen) atoms. The Bertz CT molecular complexity index is 1830. The molecule has 1 aliphatic rings. The zero-order valence-electron chi connectivity index (χ0n) is 25.1. The average Bonchev–Trinajstić information content (AvgIpc) is 3.42. The van der Waals surface area contributed by atoms with Crippen LogP contribution >= 0.6 is 11.6 Å². The summed E-state index contributed by atoms with van der Waals surface area (Å²) in [4.78, 5) is 35.3. The third kappa shape index (κ3) is 6.91. The molecule has 2 amide bonds. The highest BCUT2D eigenvalue weighted by atomic mass is 35.5. The molecule has 2 bridgehead atoms. The predicted octanol–water partition coefficient (Wildman–Crippen LogP) is 6.53. The van der Waals surface area contributed by atoms with E-state index in [9.17, 15) is 14.0 Å². The minimum Gasteiger partial charge on any atom is -0.342 e. The van der Waals surface area contributed by atoms with E-state index in [0.29, 0.717) is 49.2 Å². The first kappa shape index (κ1) is 31.5. The van der Waals surface area contributed by atoms with Gasteiger partial charge in [-0.15, -0.1) is 5.10 Å². The summed E-state index contributed by atoms with van der Waals surface area (Å²) in [5, 5.41) is 23.2. The Labute approximate surface area is 265 Å². The second-order valence-electron chi connectivity index (χ2n) is 11.0. The maximum Gasteiger partial charge on any atom is 0.274 e. The second kappa shape index (κ2) is 13.8. The van der Waals surface area contributed by atoms with Gasteiger partial charge in [0.25, 0.3) is 5.91 Å². The van der Waals surface area contributed by atoms with Crippen LogP contribution in [0.3, 0.4) is 0 Å². The van der Waals surface area contributed by atoms with Gasteiger partial charge in [0.2, 0.25) is 12.1 Å². The first-order valence-corrected chi connectivity index (χ1v) is 15.1. The molecule has 0 aliphatic carbocycles. The summed E-state index contributed by atoms with van der Waals surface area (Å²) < 4.78 is 16.0. The molecule has 10 nitrogen and oxygen atoms in total. The summed E-state index contributed by atoms with van der Waals surface area (Å²) in [6.45, 7) is 5.46. The summed E-state index contributed by atoms with van der Waals surface area (Å²) in [5.74, 6) is -1.53. The number of halogens is 2. The first-order chi connectivity index (χ1) is 21.7. The number of pyridine rings is 1. The molecule has 3 heterocycles. The molecule has 5 rings (SSSR count). The van der Waals surface area contributed by atoms with Crippen LogP contribution in [0.15, 0.2) is 59.7 Å². The molecule has 2 N–H and O–H groups in total. The smallest absolute Gasteiger partial charge is 0.274 e. The fraction of sp³-hybridized carbons (Fsp3) is 0.303. The summed E-state index contributed by atoms with van der Waals surface area (Å²) in [6.07, 6.45) is 6.43. The van der Waals surface area contributed by atoms with Crippen LogP contribution in [0, 0.1) is 30.1 Å². The quantitative estimate of drug-likeness (QED) is 0.184. The number of fused-ring (bicyclic) bond motifs is 4. The molecule has 0 unspecified atom stereocenters. The molecular weight excluding hydrogens is 595 g/mol. The Balaban J connectivity index is 1.48. The van der Waals surface area contributed by atoms with Crippen molar-refractivity contribution < 1.29 is 14.0 Å². The number of amides is 2. The van der Waals surface area contributed by atoms with Crippen molar-refractivity contribution in [3.63, 3.8) is 0 Å². The van der Waals surface area contributed by atoms with E-state index in [4.69, 9.17) is 16.9 Å². The lowest BCUT2D eigenvalue weighted by Gasteiger charge is -2.22. The van der Waals surface area contributed by atoms with Gasteiger partial charge in [-0.25, -0.2) is 9.07 Å². The summed E-state index contributed by atoms with van der Waals surface area (Å²) in [5.41, 5.74) is 5.07. The zero-order valence-corrected chi connectivity index (χ0v) is 25.9. The van der Waals surface area contributed by atoms with Gasteiger partial charge < -0.3 is 10.6 Å². The van der Waals surface area contributed by atoms with Gasteiger partial charge in [0.05, 0.1) is 22.5 Å². The van der Waals surface area contributed by atoms with Gasteiger partial charge in [0, 0.05) is 35.5 Å². The molecular formula is C33H32ClFN8O2. The van der Waals surface area contributed by atoms with E-state index in [1.54, 1.807) is 19.2 Å². The van der Waals surface area contributed by atoms with Crippen molar-refractivity contribution in [2.75, 3.05) is 5.32 Å². The maximum atomic E-state index is 14.7. The number of carbonyl (C=O) groups excluding carboxylic acids is 2. The summed E-state index contributed by atoms with van der Waals surface area (Å²) >= 11 is 5.95. The van der Waals surface area contributed by atoms with Crippen LogP contribution in [0.1, 0.15) is 73.0 Å². The molecule has 0 saturated heterocycles. The van der Waals surface area contributed by atoms with E-state index in [1.807, 2.05) is 50.4 Å². The standard InChI is InChI=1S/C33H32ClFN8O2/c1-4-23(38-18-36)15-21-11-12-24-22-13-14-37-28(17-22)26(9-5-7-19(2)32(44)40-27(24)16-21)39-33(45)31-20(3)43(42-41-31)29-10-6-8-25(34)30(29)35/h6,8,10-14,16-17,19,26H,4-5,7,9,15H2,1-3H3,(H,39,45)(H,40,44)/t19-,26+/m1/s1. The number of anilines is 1. The number of nitrogens with one attached hydrogen (secondary N) is 2. The van der Waals surface area contributed by atoms with E-state index < -0.39 is 17.8 Å². The monoisotopic (exact) mass is 626 g/mol. The first-order valence-electron chi connectivity index (χ1n) is 14.7. The minimum absolute atomic E-state index is 0.0497. The molecule has 0 fully saturated rings. The normalized spacial score (nSPS) is 16.9. The van der Waals surface area contributed by atoms with Gasteiger partial charge in [-0.2, -0.15) is 10.3 Å². The van der Waals surface area contributed by atoms with Crippen molar-refractivity contribution in [2.45, 2.75) is 58.9 Å². The lowest BCUT2D eigenvalue weighted by Crippen LogP contribution is -2.30. The Hall–Kier alpha value is -4.95. The largest absolute Gasteiger partial charge is 0.342 e. The second-order valence-corrected chi connectivity index (χ2v) is 11.4. The third-order valence-corrected chi connectivity index (χ3v) is 8.26. The van der Waals surface area contributed by atoms with Gasteiger partial charge in [0.1, 0.15) is 5.69 Å². The van der Waals surface area contributed by atoms with Crippen molar-refractivity contribution in [1.29, 1.82) is 5.26 Å². The molecule has 2 atom stereocenters. The molecule has 2 aromatic carbocycles. The number of benzene rings is 2. The van der Waals surface area contributed by atoms with Crippen molar-refractivity contribution in [2.24, 2.45) is 10.9 Å². The lowest BCUT2D eigenvalue weighted by molar-refractivity contribution is -0.119. The van der Waals surface area contributed by atoms with Gasteiger partial charge in [-0.05, 0) is 67.6 Å². The van der Waals surface area contributed by atoms with E-state index in [2.05, 4.69) is 30.9 Å². The highest BCUT2D eigenvalue weighted by Crippen LogP contribution is 2.33. The number of hydrogen-bond donors (Lipinski definition) is 2. The van der Waals surface area contributed by atoms with Crippen LogP contribution < -0.4 is 10.6 Å². The molecule has 1 aliphatic heterocycles. The number of nitriles is 1. The van der Waals surface area contributed by atoms with Crippen LogP contribution in [-0.2, 0) is 11.2 Å². The van der Waals surface area contributed by atoms with Crippen molar-refractivity contribution >= 4 is 34.8 Å². The van der Waals surface area contributed by atoms with E-state index in [-0.39, 0.29) is 28.2 Å². The fourth-order valence-electron chi connectivity index (χ4n) is 5.37. The van der Waals surface area contributed by atoms with Gasteiger partial charge in [-0.3, -0.25) is 14.6 Å².